The van der Waals surface area contributed by atoms with Gasteiger partial charge in [-0.05, 0) is 66.0 Å². The maximum atomic E-state index is 6.22. The molecule has 0 N–H and O–H groups in total. The zero-order chi connectivity index (χ0) is 18.3. The van der Waals surface area contributed by atoms with E-state index < -0.39 is 8.80 Å². The van der Waals surface area contributed by atoms with Gasteiger partial charge in [0.05, 0.1) is 0 Å². The molecule has 3 nitrogen and oxygen atoms in total. The lowest BCUT2D eigenvalue weighted by Gasteiger charge is -2.34. The topological polar surface area (TPSA) is 27.7 Å². The quantitative estimate of drug-likeness (QED) is 0.523. The van der Waals surface area contributed by atoms with Crippen molar-refractivity contribution in [3.63, 3.8) is 0 Å². The third kappa shape index (κ3) is 7.30. The number of rotatable bonds is 10. The summed E-state index contributed by atoms with van der Waals surface area (Å²) in [7, 11) is -2.72. The van der Waals surface area contributed by atoms with E-state index in [1.165, 1.54) is 11.1 Å². The number of allylic oxidation sites excluding steroid dienone is 1. The number of aryl methyl sites for hydroxylation is 1. The van der Waals surface area contributed by atoms with E-state index in [1.807, 2.05) is 48.5 Å². The lowest BCUT2D eigenvalue weighted by molar-refractivity contribution is 0.00331. The normalized spacial score (nSPS) is 12.4. The van der Waals surface area contributed by atoms with Crippen LogP contribution in [-0.2, 0) is 19.7 Å². The summed E-state index contributed by atoms with van der Waals surface area (Å²) in [5.41, 5.74) is 3.53. The van der Waals surface area contributed by atoms with Crippen molar-refractivity contribution in [2.45, 2.75) is 79.2 Å². The van der Waals surface area contributed by atoms with Crippen LogP contribution in [0.3, 0.4) is 0 Å². The molecule has 0 fully saturated rings. The zero-order valence-electron chi connectivity index (χ0n) is 16.4. The Balaban J connectivity index is 2.90. The van der Waals surface area contributed by atoms with Crippen molar-refractivity contribution in [1.29, 1.82) is 0 Å². The van der Waals surface area contributed by atoms with Gasteiger partial charge in [-0.15, -0.1) is 0 Å². The second-order valence-corrected chi connectivity index (χ2v) is 9.73. The van der Waals surface area contributed by atoms with E-state index >= 15 is 0 Å². The molecule has 1 aromatic carbocycles. The number of benzene rings is 1. The molecule has 0 heterocycles. The van der Waals surface area contributed by atoms with E-state index in [-0.39, 0.29) is 18.3 Å². The molecule has 0 amide bonds. The van der Waals surface area contributed by atoms with Crippen LogP contribution in [0.15, 0.2) is 30.8 Å². The van der Waals surface area contributed by atoms with Gasteiger partial charge in [-0.3, -0.25) is 0 Å². The van der Waals surface area contributed by atoms with Gasteiger partial charge in [-0.25, -0.2) is 0 Å². The van der Waals surface area contributed by atoms with Crippen LogP contribution in [0.4, 0.5) is 0 Å². The highest BCUT2D eigenvalue weighted by molar-refractivity contribution is 6.60. The molecule has 0 aromatic heterocycles. The molecule has 0 bridgehead atoms. The Bertz CT molecular complexity index is 480. The summed E-state index contributed by atoms with van der Waals surface area (Å²) < 4.78 is 18.7. The van der Waals surface area contributed by atoms with E-state index in [1.54, 1.807) is 0 Å². The summed E-state index contributed by atoms with van der Waals surface area (Å²) in [6, 6.07) is 9.34. The molecule has 1 rings (SSSR count). The molecule has 0 radical (unpaired) electrons. The molecule has 1 aromatic rings. The van der Waals surface area contributed by atoms with Crippen LogP contribution in [0.1, 0.15) is 59.6 Å². The molecule has 0 atom stereocenters. The summed E-state index contributed by atoms with van der Waals surface area (Å²) >= 11 is 0. The Morgan fingerprint density at radius 1 is 0.875 bits per heavy atom. The fourth-order valence-electron chi connectivity index (χ4n) is 2.59. The lowest BCUT2D eigenvalue weighted by atomic mass is 10.1. The van der Waals surface area contributed by atoms with Crippen LogP contribution < -0.4 is 0 Å². The molecule has 0 unspecified atom stereocenters. The highest BCUT2D eigenvalue weighted by Crippen LogP contribution is 2.24. The van der Waals surface area contributed by atoms with Gasteiger partial charge >= 0.3 is 8.80 Å². The minimum atomic E-state index is -2.72. The Hall–Kier alpha value is -0.943. The number of hydrogen-bond donors (Lipinski definition) is 0. The Kier molecular flexibility index (Phi) is 8.37. The first kappa shape index (κ1) is 21.1. The van der Waals surface area contributed by atoms with Crippen molar-refractivity contribution in [2.24, 2.45) is 0 Å². The smallest absolute Gasteiger partial charge is 0.371 e. The van der Waals surface area contributed by atoms with Crippen molar-refractivity contribution in [2.75, 3.05) is 0 Å². The summed E-state index contributed by atoms with van der Waals surface area (Å²) in [4.78, 5) is 0. The first-order valence-corrected chi connectivity index (χ1v) is 10.8. The lowest BCUT2D eigenvalue weighted by Crippen LogP contribution is -2.51. The van der Waals surface area contributed by atoms with Gasteiger partial charge in [0.15, 0.2) is 0 Å². The van der Waals surface area contributed by atoms with Crippen LogP contribution in [0, 0.1) is 0 Å². The first-order valence-electron chi connectivity index (χ1n) is 8.92. The summed E-state index contributed by atoms with van der Waals surface area (Å²) in [5.74, 6) is 0. The van der Waals surface area contributed by atoms with Crippen molar-refractivity contribution < 1.29 is 13.3 Å². The zero-order valence-corrected chi connectivity index (χ0v) is 17.4. The SMILES string of the molecule is C=C(C)c1ccc(CC[Si](OC(C)C)(OC(C)C)OC(C)C)cc1. The monoisotopic (exact) mass is 350 g/mol. The van der Waals surface area contributed by atoms with Crippen LogP contribution in [-0.4, -0.2) is 27.1 Å². The van der Waals surface area contributed by atoms with Crippen molar-refractivity contribution in [3.8, 4) is 0 Å². The molecule has 136 valence electrons. The summed E-state index contributed by atoms with van der Waals surface area (Å²) in [6.45, 7) is 18.2. The standard InChI is InChI=1S/C20H34O3Si/c1-15(2)20-11-9-19(10-12-20)13-14-24(21-16(3)4,22-17(5)6)23-18(7)8/h9-12,16-18H,1,13-14H2,2-8H3. The second-order valence-electron chi connectivity index (χ2n) is 7.16. The van der Waals surface area contributed by atoms with E-state index in [0.29, 0.717) is 0 Å². The van der Waals surface area contributed by atoms with E-state index in [2.05, 4.69) is 30.8 Å². The average molecular weight is 351 g/mol. The molecule has 4 heteroatoms. The fraction of sp³-hybridized carbons (Fsp3) is 0.600. The van der Waals surface area contributed by atoms with Gasteiger partial charge in [0.2, 0.25) is 0 Å². The van der Waals surface area contributed by atoms with Gasteiger partial charge in [0, 0.05) is 24.4 Å². The molecule has 0 aliphatic rings. The summed E-state index contributed by atoms with van der Waals surface area (Å²) in [5, 5.41) is 0. The van der Waals surface area contributed by atoms with Crippen molar-refractivity contribution in [1.82, 2.24) is 0 Å². The van der Waals surface area contributed by atoms with Gasteiger partial charge in [0.25, 0.3) is 0 Å². The third-order valence-corrected chi connectivity index (χ3v) is 6.77. The molecule has 0 aliphatic heterocycles. The molecular formula is C20H34O3Si. The minimum Gasteiger partial charge on any atom is -0.371 e. The van der Waals surface area contributed by atoms with Crippen molar-refractivity contribution in [3.05, 3.63) is 42.0 Å². The number of hydrogen-bond acceptors (Lipinski definition) is 3. The van der Waals surface area contributed by atoms with Gasteiger partial charge in [-0.1, -0.05) is 36.4 Å². The van der Waals surface area contributed by atoms with Gasteiger partial charge in [-0.2, -0.15) is 0 Å². The average Bonchev–Trinajstić information content (AvgIpc) is 2.43. The van der Waals surface area contributed by atoms with Crippen LogP contribution in [0.5, 0.6) is 0 Å². The van der Waals surface area contributed by atoms with Crippen LogP contribution >= 0.6 is 0 Å². The molecular weight excluding hydrogens is 316 g/mol. The van der Waals surface area contributed by atoms with Gasteiger partial charge < -0.3 is 13.3 Å². The molecule has 0 aliphatic carbocycles. The fourth-order valence-corrected chi connectivity index (χ4v) is 5.86. The van der Waals surface area contributed by atoms with Gasteiger partial charge in [0.1, 0.15) is 0 Å². The predicted molar refractivity (Wildman–Crippen MR) is 104 cm³/mol. The molecule has 0 saturated heterocycles. The highest BCUT2D eigenvalue weighted by Gasteiger charge is 2.43. The molecule has 0 spiro atoms. The minimum absolute atomic E-state index is 0.0833. The summed E-state index contributed by atoms with van der Waals surface area (Å²) in [6.07, 6.45) is 1.13. The maximum Gasteiger partial charge on any atom is 0.501 e. The molecule has 0 saturated carbocycles. The molecule has 24 heavy (non-hydrogen) atoms. The van der Waals surface area contributed by atoms with Crippen molar-refractivity contribution >= 4 is 14.4 Å². The Morgan fingerprint density at radius 2 is 1.29 bits per heavy atom. The highest BCUT2D eigenvalue weighted by atomic mass is 28.4. The second kappa shape index (κ2) is 9.52. The largest absolute Gasteiger partial charge is 0.501 e. The van der Waals surface area contributed by atoms with Crippen LogP contribution in [0.2, 0.25) is 6.04 Å². The van der Waals surface area contributed by atoms with E-state index in [0.717, 1.165) is 18.0 Å². The Labute approximate surface area is 149 Å². The third-order valence-electron chi connectivity index (χ3n) is 3.41. The Morgan fingerprint density at radius 3 is 1.62 bits per heavy atom. The van der Waals surface area contributed by atoms with E-state index in [4.69, 9.17) is 13.3 Å². The van der Waals surface area contributed by atoms with Crippen LogP contribution in [0.25, 0.3) is 5.57 Å². The predicted octanol–water partition coefficient (Wildman–Crippen LogP) is 5.48. The maximum absolute atomic E-state index is 6.22. The first-order chi connectivity index (χ1) is 11.1. The van der Waals surface area contributed by atoms with E-state index in [9.17, 15) is 0 Å².